The fourth-order valence-electron chi connectivity index (χ4n) is 2.59. The normalized spacial score (nSPS) is 12.3. The molecule has 5 nitrogen and oxygen atoms in total. The molecule has 1 amide bonds. The topological polar surface area (TPSA) is 86.6 Å². The van der Waals surface area contributed by atoms with Gasteiger partial charge >= 0.3 is 5.97 Å². The van der Waals surface area contributed by atoms with Gasteiger partial charge in [-0.15, -0.1) is 0 Å². The first-order valence-electron chi connectivity index (χ1n) is 9.10. The molecule has 136 valence electrons. The lowest BCUT2D eigenvalue weighted by molar-refractivity contribution is -0.142. The van der Waals surface area contributed by atoms with Crippen LogP contribution in [0.1, 0.15) is 84.5 Å². The summed E-state index contributed by atoms with van der Waals surface area (Å²) in [5.41, 5.74) is 0. The molecule has 23 heavy (non-hydrogen) atoms. The highest BCUT2D eigenvalue weighted by Crippen LogP contribution is 2.11. The number of hydrogen-bond donors (Lipinski definition) is 3. The number of amides is 1. The Morgan fingerprint density at radius 3 is 1.78 bits per heavy atom. The van der Waals surface area contributed by atoms with E-state index in [1.54, 1.807) is 0 Å². The van der Waals surface area contributed by atoms with Gasteiger partial charge in [0.25, 0.3) is 0 Å². The van der Waals surface area contributed by atoms with Crippen molar-refractivity contribution < 1.29 is 19.8 Å². The van der Waals surface area contributed by atoms with E-state index in [-0.39, 0.29) is 11.8 Å². The van der Waals surface area contributed by atoms with E-state index in [9.17, 15) is 9.59 Å². The lowest BCUT2D eigenvalue weighted by Gasteiger charge is -2.16. The average molecular weight is 329 g/mol. The van der Waals surface area contributed by atoms with Crippen LogP contribution < -0.4 is 5.32 Å². The molecule has 1 atom stereocenters. The number of hydrogen-bond acceptors (Lipinski definition) is 3. The van der Waals surface area contributed by atoms with Crippen LogP contribution in [-0.4, -0.2) is 34.7 Å². The molecule has 0 saturated heterocycles. The van der Waals surface area contributed by atoms with Crippen LogP contribution in [0.2, 0.25) is 0 Å². The first-order chi connectivity index (χ1) is 11.0. The van der Waals surface area contributed by atoms with Gasteiger partial charge in [-0.1, -0.05) is 58.8 Å². The van der Waals surface area contributed by atoms with E-state index in [2.05, 4.69) is 5.32 Å². The molecule has 0 aromatic heterocycles. The number of aliphatic hydroxyl groups excluding tert-OH is 1. The van der Waals surface area contributed by atoms with Gasteiger partial charge in [0.1, 0.15) is 6.04 Å². The Morgan fingerprint density at radius 1 is 0.870 bits per heavy atom. The number of carbonyl (C=O) groups is 2. The van der Waals surface area contributed by atoms with Crippen molar-refractivity contribution in [3.05, 3.63) is 0 Å². The minimum absolute atomic E-state index is 0.151. The SMILES string of the molecule is CC(C)CC(NC(=O)CCCCCCCCCCCO)C(=O)O. The minimum atomic E-state index is -0.951. The Morgan fingerprint density at radius 2 is 1.35 bits per heavy atom. The molecule has 0 radical (unpaired) electrons. The van der Waals surface area contributed by atoms with Gasteiger partial charge in [-0.05, 0) is 25.2 Å². The van der Waals surface area contributed by atoms with E-state index in [1.165, 1.54) is 25.7 Å². The van der Waals surface area contributed by atoms with Gasteiger partial charge in [0.15, 0.2) is 0 Å². The van der Waals surface area contributed by atoms with E-state index < -0.39 is 12.0 Å². The number of nitrogens with one attached hydrogen (secondary N) is 1. The van der Waals surface area contributed by atoms with Crippen LogP contribution in [0.3, 0.4) is 0 Å². The van der Waals surface area contributed by atoms with E-state index in [1.807, 2.05) is 13.8 Å². The third-order valence-corrected chi connectivity index (χ3v) is 3.90. The molecule has 0 aliphatic rings. The van der Waals surface area contributed by atoms with E-state index >= 15 is 0 Å². The molecule has 0 aromatic rings. The largest absolute Gasteiger partial charge is 0.480 e. The molecule has 0 fully saturated rings. The maximum Gasteiger partial charge on any atom is 0.326 e. The van der Waals surface area contributed by atoms with Crippen molar-refractivity contribution in [1.29, 1.82) is 0 Å². The Balaban J connectivity index is 3.57. The molecule has 0 bridgehead atoms. The highest BCUT2D eigenvalue weighted by molar-refractivity contribution is 5.83. The molecule has 0 aliphatic carbocycles. The monoisotopic (exact) mass is 329 g/mol. The number of carbonyl (C=O) groups excluding carboxylic acids is 1. The lowest BCUT2D eigenvalue weighted by Crippen LogP contribution is -2.41. The second-order valence-corrected chi connectivity index (χ2v) is 6.74. The van der Waals surface area contributed by atoms with Gasteiger partial charge in [0.05, 0.1) is 0 Å². The maximum absolute atomic E-state index is 11.8. The van der Waals surface area contributed by atoms with Gasteiger partial charge in [0, 0.05) is 13.0 Å². The predicted molar refractivity (Wildman–Crippen MR) is 92.3 cm³/mol. The number of carboxylic acid groups (broad SMARTS) is 1. The summed E-state index contributed by atoms with van der Waals surface area (Å²) in [7, 11) is 0. The molecule has 3 N–H and O–H groups in total. The van der Waals surface area contributed by atoms with Gasteiger partial charge in [-0.3, -0.25) is 4.79 Å². The van der Waals surface area contributed by atoms with Gasteiger partial charge in [-0.2, -0.15) is 0 Å². The molecule has 5 heteroatoms. The maximum atomic E-state index is 11.8. The second kappa shape index (κ2) is 14.5. The van der Waals surface area contributed by atoms with Crippen molar-refractivity contribution in [1.82, 2.24) is 5.32 Å². The van der Waals surface area contributed by atoms with Crippen molar-refractivity contribution in [2.24, 2.45) is 5.92 Å². The van der Waals surface area contributed by atoms with Gasteiger partial charge in [-0.25, -0.2) is 4.79 Å². The predicted octanol–water partition coefficient (Wildman–Crippen LogP) is 3.50. The second-order valence-electron chi connectivity index (χ2n) is 6.74. The quantitative estimate of drug-likeness (QED) is 0.401. The smallest absolute Gasteiger partial charge is 0.326 e. The molecule has 0 rings (SSSR count). The summed E-state index contributed by atoms with van der Waals surface area (Å²) in [5.74, 6) is -0.857. The summed E-state index contributed by atoms with van der Waals surface area (Å²) in [6, 6.07) is -0.763. The highest BCUT2D eigenvalue weighted by Gasteiger charge is 2.20. The van der Waals surface area contributed by atoms with Crippen LogP contribution in [0.5, 0.6) is 0 Å². The Hall–Kier alpha value is -1.10. The van der Waals surface area contributed by atoms with Gasteiger partial charge in [0.2, 0.25) is 5.91 Å². The van der Waals surface area contributed by atoms with Crippen molar-refractivity contribution in [3.63, 3.8) is 0 Å². The third-order valence-electron chi connectivity index (χ3n) is 3.90. The lowest BCUT2D eigenvalue weighted by atomic mass is 10.0. The van der Waals surface area contributed by atoms with Crippen LogP contribution in [0.25, 0.3) is 0 Å². The summed E-state index contributed by atoms with van der Waals surface area (Å²) in [6.45, 7) is 4.19. The first-order valence-corrected chi connectivity index (χ1v) is 9.10. The fraction of sp³-hybridized carbons (Fsp3) is 0.889. The van der Waals surface area contributed by atoms with Crippen LogP contribution in [0.15, 0.2) is 0 Å². The zero-order valence-electron chi connectivity index (χ0n) is 14.9. The van der Waals surface area contributed by atoms with Crippen LogP contribution in [0, 0.1) is 5.92 Å². The number of aliphatic hydroxyl groups is 1. The highest BCUT2D eigenvalue weighted by atomic mass is 16.4. The number of rotatable bonds is 15. The third kappa shape index (κ3) is 14.2. The average Bonchev–Trinajstić information content (AvgIpc) is 2.48. The summed E-state index contributed by atoms with van der Waals surface area (Å²) in [4.78, 5) is 22.9. The number of unbranched alkanes of at least 4 members (excludes halogenated alkanes) is 8. The molecule has 0 aliphatic heterocycles. The zero-order chi connectivity index (χ0) is 17.5. The van der Waals surface area contributed by atoms with Crippen LogP contribution in [0.4, 0.5) is 0 Å². The van der Waals surface area contributed by atoms with Crippen molar-refractivity contribution in [2.45, 2.75) is 90.5 Å². The van der Waals surface area contributed by atoms with E-state index in [4.69, 9.17) is 10.2 Å². The van der Waals surface area contributed by atoms with Crippen molar-refractivity contribution in [2.75, 3.05) is 6.61 Å². The Kier molecular flexibility index (Phi) is 13.8. The summed E-state index contributed by atoms with van der Waals surface area (Å²) >= 11 is 0. The van der Waals surface area contributed by atoms with E-state index in [0.717, 1.165) is 32.1 Å². The summed E-state index contributed by atoms with van der Waals surface area (Å²) < 4.78 is 0. The molecular formula is C18H35NO4. The zero-order valence-corrected chi connectivity index (χ0v) is 14.9. The van der Waals surface area contributed by atoms with Gasteiger partial charge < -0.3 is 15.5 Å². The first kappa shape index (κ1) is 21.9. The minimum Gasteiger partial charge on any atom is -0.480 e. The van der Waals surface area contributed by atoms with Crippen molar-refractivity contribution in [3.8, 4) is 0 Å². The van der Waals surface area contributed by atoms with Crippen molar-refractivity contribution >= 4 is 11.9 Å². The number of aliphatic carboxylic acids is 1. The molecule has 0 saturated carbocycles. The molecule has 0 heterocycles. The van der Waals surface area contributed by atoms with Crippen LogP contribution in [-0.2, 0) is 9.59 Å². The fourth-order valence-corrected chi connectivity index (χ4v) is 2.59. The summed E-state index contributed by atoms with van der Waals surface area (Å²) in [5, 5.41) is 20.4. The molecule has 0 spiro atoms. The van der Waals surface area contributed by atoms with Crippen LogP contribution >= 0.6 is 0 Å². The Bertz CT molecular complexity index is 318. The number of carboxylic acids is 1. The Labute approximate surface area is 140 Å². The van der Waals surface area contributed by atoms with E-state index in [0.29, 0.717) is 19.4 Å². The molecule has 1 unspecified atom stereocenters. The summed E-state index contributed by atoms with van der Waals surface area (Å²) in [6.07, 6.45) is 10.7. The molecule has 0 aromatic carbocycles. The standard InChI is InChI=1S/C18H35NO4/c1-15(2)14-16(18(22)23)19-17(21)12-10-8-6-4-3-5-7-9-11-13-20/h15-16,20H,3-14H2,1-2H3,(H,19,21)(H,22,23). The molecular weight excluding hydrogens is 294 g/mol.